The van der Waals surface area contributed by atoms with Gasteiger partial charge in [-0.3, -0.25) is 4.79 Å². The molecule has 4 N–H and O–H groups in total. The molecule has 1 amide bonds. The molecular formula is C19H16N2O2. The maximum atomic E-state index is 12.2. The van der Waals surface area contributed by atoms with Crippen LogP contribution in [-0.2, 0) is 0 Å². The summed E-state index contributed by atoms with van der Waals surface area (Å²) in [5.41, 5.74) is 9.09. The molecule has 3 aromatic rings. The summed E-state index contributed by atoms with van der Waals surface area (Å²) in [5, 5.41) is 12.2. The van der Waals surface area contributed by atoms with Crippen molar-refractivity contribution >= 4 is 17.3 Å². The summed E-state index contributed by atoms with van der Waals surface area (Å²) in [6.07, 6.45) is 0. The number of benzene rings is 3. The molecule has 4 heteroatoms. The summed E-state index contributed by atoms with van der Waals surface area (Å²) in [7, 11) is 0. The van der Waals surface area contributed by atoms with Crippen molar-refractivity contribution in [2.45, 2.75) is 0 Å². The summed E-state index contributed by atoms with van der Waals surface area (Å²) < 4.78 is 0. The maximum Gasteiger partial charge on any atom is 0.255 e. The first-order chi connectivity index (χ1) is 11.1. The zero-order valence-electron chi connectivity index (χ0n) is 12.4. The number of carbonyl (C=O) groups is 1. The molecule has 0 saturated carbocycles. The Morgan fingerprint density at radius 3 is 2.17 bits per heavy atom. The molecule has 0 fully saturated rings. The van der Waals surface area contributed by atoms with E-state index in [4.69, 9.17) is 5.73 Å². The molecule has 4 nitrogen and oxygen atoms in total. The third-order valence-corrected chi connectivity index (χ3v) is 3.54. The predicted molar refractivity (Wildman–Crippen MR) is 92.4 cm³/mol. The minimum atomic E-state index is -0.227. The number of nitrogens with two attached hydrogens (primary N) is 1. The highest BCUT2D eigenvalue weighted by molar-refractivity contribution is 6.04. The van der Waals surface area contributed by atoms with Crippen molar-refractivity contribution in [2.75, 3.05) is 11.1 Å². The van der Waals surface area contributed by atoms with Crippen LogP contribution in [0.3, 0.4) is 0 Å². The van der Waals surface area contributed by atoms with E-state index in [0.717, 1.165) is 11.1 Å². The number of phenols is 1. The first-order valence-corrected chi connectivity index (χ1v) is 7.19. The van der Waals surface area contributed by atoms with E-state index in [1.807, 2.05) is 42.5 Å². The molecule has 0 heterocycles. The standard InChI is InChI=1S/C19H16N2O2/c20-17-12-16(10-11-18(17)22)21-19(23)15-8-6-14(7-9-15)13-4-2-1-3-5-13/h1-12,22H,20H2,(H,21,23). The zero-order valence-corrected chi connectivity index (χ0v) is 12.4. The van der Waals surface area contributed by atoms with E-state index in [-0.39, 0.29) is 17.3 Å². The van der Waals surface area contributed by atoms with Crippen LogP contribution >= 0.6 is 0 Å². The summed E-state index contributed by atoms with van der Waals surface area (Å²) in [5.74, 6) is -0.232. The second-order valence-electron chi connectivity index (χ2n) is 5.17. The van der Waals surface area contributed by atoms with Gasteiger partial charge in [-0.1, -0.05) is 42.5 Å². The van der Waals surface area contributed by atoms with Crippen LogP contribution in [0.4, 0.5) is 11.4 Å². The number of nitrogens with one attached hydrogen (secondary N) is 1. The topological polar surface area (TPSA) is 75.3 Å². The van der Waals surface area contributed by atoms with Crippen molar-refractivity contribution in [3.63, 3.8) is 0 Å². The van der Waals surface area contributed by atoms with Crippen LogP contribution in [0.1, 0.15) is 10.4 Å². The number of aromatic hydroxyl groups is 1. The Kier molecular flexibility index (Phi) is 3.97. The number of amides is 1. The molecule has 0 unspecified atom stereocenters. The van der Waals surface area contributed by atoms with Crippen LogP contribution in [0.15, 0.2) is 72.8 Å². The quantitative estimate of drug-likeness (QED) is 0.390. The van der Waals surface area contributed by atoms with Crippen molar-refractivity contribution in [1.82, 2.24) is 0 Å². The van der Waals surface area contributed by atoms with E-state index in [1.54, 1.807) is 18.2 Å². The highest BCUT2D eigenvalue weighted by Gasteiger charge is 2.07. The first kappa shape index (κ1) is 14.7. The third-order valence-electron chi connectivity index (χ3n) is 3.54. The average molecular weight is 304 g/mol. The van der Waals surface area contributed by atoms with Crippen LogP contribution in [0.25, 0.3) is 11.1 Å². The van der Waals surface area contributed by atoms with Crippen molar-refractivity contribution in [1.29, 1.82) is 0 Å². The minimum absolute atomic E-state index is 0.00443. The summed E-state index contributed by atoms with van der Waals surface area (Å²) in [6.45, 7) is 0. The monoisotopic (exact) mass is 304 g/mol. The molecule has 3 aromatic carbocycles. The first-order valence-electron chi connectivity index (χ1n) is 7.19. The molecule has 0 aliphatic heterocycles. The third kappa shape index (κ3) is 3.32. The summed E-state index contributed by atoms with van der Waals surface area (Å²) >= 11 is 0. The molecule has 0 radical (unpaired) electrons. The van der Waals surface area contributed by atoms with Gasteiger partial charge in [-0.25, -0.2) is 0 Å². The van der Waals surface area contributed by atoms with E-state index in [1.165, 1.54) is 12.1 Å². The molecule has 0 aliphatic carbocycles. The van der Waals surface area contributed by atoms with Crippen molar-refractivity contribution < 1.29 is 9.90 Å². The fourth-order valence-corrected chi connectivity index (χ4v) is 2.28. The van der Waals surface area contributed by atoms with Crippen LogP contribution in [0, 0.1) is 0 Å². The van der Waals surface area contributed by atoms with E-state index < -0.39 is 0 Å². The highest BCUT2D eigenvalue weighted by atomic mass is 16.3. The SMILES string of the molecule is Nc1cc(NC(=O)c2ccc(-c3ccccc3)cc2)ccc1O. The van der Waals surface area contributed by atoms with Gasteiger partial charge in [0.1, 0.15) is 5.75 Å². The van der Waals surface area contributed by atoms with Gasteiger partial charge < -0.3 is 16.2 Å². The van der Waals surface area contributed by atoms with Crippen LogP contribution in [0.2, 0.25) is 0 Å². The minimum Gasteiger partial charge on any atom is -0.506 e. The van der Waals surface area contributed by atoms with Gasteiger partial charge in [-0.15, -0.1) is 0 Å². The van der Waals surface area contributed by atoms with E-state index >= 15 is 0 Å². The van der Waals surface area contributed by atoms with Gasteiger partial charge in [-0.2, -0.15) is 0 Å². The van der Waals surface area contributed by atoms with Crippen LogP contribution in [-0.4, -0.2) is 11.0 Å². The zero-order chi connectivity index (χ0) is 16.2. The Bertz CT molecular complexity index is 828. The summed E-state index contributed by atoms with van der Waals surface area (Å²) in [4.78, 5) is 12.2. The van der Waals surface area contributed by atoms with Crippen LogP contribution < -0.4 is 11.1 Å². The average Bonchev–Trinajstić information content (AvgIpc) is 2.59. The fourth-order valence-electron chi connectivity index (χ4n) is 2.28. The molecule has 3 rings (SSSR count). The number of rotatable bonds is 3. The molecule has 114 valence electrons. The van der Waals surface area contributed by atoms with Gasteiger partial charge >= 0.3 is 0 Å². The van der Waals surface area contributed by atoms with E-state index in [9.17, 15) is 9.90 Å². The van der Waals surface area contributed by atoms with Crippen molar-refractivity contribution in [3.8, 4) is 16.9 Å². The normalized spacial score (nSPS) is 10.3. The molecule has 0 saturated heterocycles. The number of phenolic OH excluding ortho intramolecular Hbond substituents is 1. The molecule has 0 bridgehead atoms. The van der Waals surface area contributed by atoms with Gasteiger partial charge in [0, 0.05) is 11.3 Å². The van der Waals surface area contributed by atoms with Gasteiger partial charge in [0.15, 0.2) is 0 Å². The van der Waals surface area contributed by atoms with Gasteiger partial charge in [0.25, 0.3) is 5.91 Å². The fraction of sp³-hybridized carbons (Fsp3) is 0. The van der Waals surface area contributed by atoms with Gasteiger partial charge in [0.05, 0.1) is 5.69 Å². The molecule has 0 spiro atoms. The number of carbonyl (C=O) groups excluding carboxylic acids is 1. The van der Waals surface area contributed by atoms with Gasteiger partial charge in [-0.05, 0) is 41.5 Å². The Balaban J connectivity index is 1.76. The van der Waals surface area contributed by atoms with E-state index in [2.05, 4.69) is 5.32 Å². The lowest BCUT2D eigenvalue weighted by molar-refractivity contribution is 0.102. The number of nitrogen functional groups attached to an aromatic ring is 1. The molecule has 23 heavy (non-hydrogen) atoms. The number of hydrogen-bond donors (Lipinski definition) is 3. The molecule has 0 aromatic heterocycles. The second kappa shape index (κ2) is 6.23. The van der Waals surface area contributed by atoms with Crippen molar-refractivity contribution in [3.05, 3.63) is 78.4 Å². The Morgan fingerprint density at radius 2 is 1.52 bits per heavy atom. The lowest BCUT2D eigenvalue weighted by Gasteiger charge is -2.08. The number of hydrogen-bond acceptors (Lipinski definition) is 3. The van der Waals surface area contributed by atoms with Crippen LogP contribution in [0.5, 0.6) is 5.75 Å². The second-order valence-corrected chi connectivity index (χ2v) is 5.17. The van der Waals surface area contributed by atoms with Gasteiger partial charge in [0.2, 0.25) is 0 Å². The lowest BCUT2D eigenvalue weighted by Crippen LogP contribution is -2.11. The Hall–Kier alpha value is -3.27. The smallest absolute Gasteiger partial charge is 0.255 e. The molecular weight excluding hydrogens is 288 g/mol. The molecule has 0 aliphatic rings. The Morgan fingerprint density at radius 1 is 0.870 bits per heavy atom. The highest BCUT2D eigenvalue weighted by Crippen LogP contribution is 2.24. The maximum absolute atomic E-state index is 12.2. The molecule has 0 atom stereocenters. The largest absolute Gasteiger partial charge is 0.506 e. The van der Waals surface area contributed by atoms with Crippen molar-refractivity contribution in [2.24, 2.45) is 0 Å². The predicted octanol–water partition coefficient (Wildman–Crippen LogP) is 3.89. The Labute approximate surface area is 134 Å². The van der Waals surface area contributed by atoms with E-state index in [0.29, 0.717) is 11.3 Å². The summed E-state index contributed by atoms with van der Waals surface area (Å²) in [6, 6.07) is 21.9. The lowest BCUT2D eigenvalue weighted by atomic mass is 10.0. The number of anilines is 2.